The molecule has 7 heteroatoms. The summed E-state index contributed by atoms with van der Waals surface area (Å²) in [7, 11) is 1.28. The maximum atomic E-state index is 13.6. The largest absolute Gasteiger partial charge is 0.453 e. The number of rotatable bonds is 1. The summed E-state index contributed by atoms with van der Waals surface area (Å²) in [5.74, 6) is -3.89. The molecule has 1 amide bonds. The zero-order valence-electron chi connectivity index (χ0n) is 10.3. The van der Waals surface area contributed by atoms with Crippen LogP contribution in [-0.2, 0) is 4.74 Å². The summed E-state index contributed by atoms with van der Waals surface area (Å²) in [6, 6.07) is 2.09. The van der Waals surface area contributed by atoms with Crippen LogP contribution in [0.4, 0.5) is 23.7 Å². The van der Waals surface area contributed by atoms with Gasteiger partial charge in [-0.15, -0.1) is 0 Å². The van der Waals surface area contributed by atoms with E-state index in [4.69, 9.17) is 0 Å². The van der Waals surface area contributed by atoms with Crippen molar-refractivity contribution in [3.8, 4) is 0 Å². The van der Waals surface area contributed by atoms with Crippen LogP contribution in [0.25, 0.3) is 0 Å². The molecule has 1 saturated heterocycles. The summed E-state index contributed by atoms with van der Waals surface area (Å²) in [4.78, 5) is 14.3. The molecule has 104 valence electrons. The lowest BCUT2D eigenvalue weighted by molar-refractivity contribution is 0.121. The van der Waals surface area contributed by atoms with Gasteiger partial charge in [-0.25, -0.2) is 18.0 Å². The van der Waals surface area contributed by atoms with Crippen molar-refractivity contribution in [1.82, 2.24) is 4.90 Å². The standard InChI is InChI=1S/C12H13F3N2O2/c1-19-12(18)17-6-4-16(5-7-17)9-3-2-8(13)10(14)11(9)15/h2-3H,4-7H2,1H3. The monoisotopic (exact) mass is 274 g/mol. The van der Waals surface area contributed by atoms with Gasteiger partial charge in [0.25, 0.3) is 0 Å². The van der Waals surface area contributed by atoms with Crippen molar-refractivity contribution < 1.29 is 22.7 Å². The van der Waals surface area contributed by atoms with Crippen LogP contribution in [-0.4, -0.2) is 44.3 Å². The van der Waals surface area contributed by atoms with Gasteiger partial charge in [0.2, 0.25) is 0 Å². The third-order valence-electron chi connectivity index (χ3n) is 3.07. The Bertz CT molecular complexity index is 488. The molecule has 1 aliphatic rings. The molecule has 0 N–H and O–H groups in total. The maximum Gasteiger partial charge on any atom is 0.409 e. The Morgan fingerprint density at radius 1 is 1.11 bits per heavy atom. The molecule has 0 saturated carbocycles. The second-order valence-electron chi connectivity index (χ2n) is 4.14. The molecule has 1 aromatic carbocycles. The van der Waals surface area contributed by atoms with E-state index in [1.165, 1.54) is 18.1 Å². The predicted molar refractivity (Wildman–Crippen MR) is 62.5 cm³/mol. The van der Waals surface area contributed by atoms with Gasteiger partial charge < -0.3 is 14.5 Å². The Hall–Kier alpha value is -1.92. The average molecular weight is 274 g/mol. The van der Waals surface area contributed by atoms with E-state index in [1.807, 2.05) is 0 Å². The van der Waals surface area contributed by atoms with E-state index in [0.29, 0.717) is 26.2 Å². The van der Waals surface area contributed by atoms with Crippen molar-refractivity contribution in [3.05, 3.63) is 29.6 Å². The number of amides is 1. The number of nitrogens with zero attached hydrogens (tertiary/aromatic N) is 2. The van der Waals surface area contributed by atoms with Crippen molar-refractivity contribution in [1.29, 1.82) is 0 Å². The Morgan fingerprint density at radius 2 is 1.74 bits per heavy atom. The van der Waals surface area contributed by atoms with Crippen LogP contribution in [0.2, 0.25) is 0 Å². The summed E-state index contributed by atoms with van der Waals surface area (Å²) in [6.45, 7) is 1.34. The fourth-order valence-electron chi connectivity index (χ4n) is 2.02. The third kappa shape index (κ3) is 2.59. The molecule has 0 radical (unpaired) electrons. The SMILES string of the molecule is COC(=O)N1CCN(c2ccc(F)c(F)c2F)CC1. The van der Waals surface area contributed by atoms with Crippen molar-refractivity contribution >= 4 is 11.8 Å². The van der Waals surface area contributed by atoms with E-state index < -0.39 is 23.5 Å². The fraction of sp³-hybridized carbons (Fsp3) is 0.417. The van der Waals surface area contributed by atoms with Gasteiger partial charge in [-0.2, -0.15) is 0 Å². The summed E-state index contributed by atoms with van der Waals surface area (Å²) >= 11 is 0. The lowest BCUT2D eigenvalue weighted by atomic mass is 10.2. The Labute approximate surface area is 108 Å². The third-order valence-corrected chi connectivity index (χ3v) is 3.07. The first-order chi connectivity index (χ1) is 9.04. The highest BCUT2D eigenvalue weighted by molar-refractivity contribution is 5.68. The lowest BCUT2D eigenvalue weighted by Crippen LogP contribution is -2.49. The molecule has 2 rings (SSSR count). The van der Waals surface area contributed by atoms with Crippen LogP contribution >= 0.6 is 0 Å². The summed E-state index contributed by atoms with van der Waals surface area (Å²) < 4.78 is 44.2. The molecule has 0 spiro atoms. The first kappa shape index (κ1) is 13.5. The topological polar surface area (TPSA) is 32.8 Å². The Morgan fingerprint density at radius 3 is 2.32 bits per heavy atom. The van der Waals surface area contributed by atoms with Crippen LogP contribution < -0.4 is 4.90 Å². The number of carbonyl (C=O) groups is 1. The van der Waals surface area contributed by atoms with Crippen molar-refractivity contribution in [3.63, 3.8) is 0 Å². The van der Waals surface area contributed by atoms with Gasteiger partial charge in [0, 0.05) is 26.2 Å². The lowest BCUT2D eigenvalue weighted by Gasteiger charge is -2.35. The van der Waals surface area contributed by atoms with Crippen LogP contribution in [0.5, 0.6) is 0 Å². The van der Waals surface area contributed by atoms with Gasteiger partial charge in [0.05, 0.1) is 12.8 Å². The van der Waals surface area contributed by atoms with E-state index in [2.05, 4.69) is 4.74 Å². The molecule has 0 aromatic heterocycles. The highest BCUT2D eigenvalue weighted by atomic mass is 19.2. The van der Waals surface area contributed by atoms with E-state index in [-0.39, 0.29) is 5.69 Å². The zero-order chi connectivity index (χ0) is 14.0. The number of carbonyl (C=O) groups excluding carboxylic acids is 1. The number of halogens is 3. The van der Waals surface area contributed by atoms with Crippen molar-refractivity contribution in [2.45, 2.75) is 0 Å². The molecule has 0 unspecified atom stereocenters. The van der Waals surface area contributed by atoms with Gasteiger partial charge in [-0.3, -0.25) is 0 Å². The molecule has 1 aromatic rings. The van der Waals surface area contributed by atoms with Crippen LogP contribution in [0.3, 0.4) is 0 Å². The Kier molecular flexibility index (Phi) is 3.82. The smallest absolute Gasteiger partial charge is 0.409 e. The minimum absolute atomic E-state index is 0.00316. The summed E-state index contributed by atoms with van der Waals surface area (Å²) in [6.07, 6.45) is -0.453. The maximum absolute atomic E-state index is 13.6. The number of methoxy groups -OCH3 is 1. The Balaban J connectivity index is 2.10. The van der Waals surface area contributed by atoms with Gasteiger partial charge >= 0.3 is 6.09 Å². The first-order valence-electron chi connectivity index (χ1n) is 5.76. The zero-order valence-corrected chi connectivity index (χ0v) is 10.3. The summed E-state index contributed by atoms with van der Waals surface area (Å²) in [5, 5.41) is 0. The molecule has 19 heavy (non-hydrogen) atoms. The minimum atomic E-state index is -1.48. The van der Waals surface area contributed by atoms with Crippen molar-refractivity contribution in [2.75, 3.05) is 38.2 Å². The highest BCUT2D eigenvalue weighted by Crippen LogP contribution is 2.24. The number of hydrogen-bond donors (Lipinski definition) is 0. The van der Waals surface area contributed by atoms with Gasteiger partial charge in [0.15, 0.2) is 17.5 Å². The van der Waals surface area contributed by atoms with Crippen LogP contribution in [0, 0.1) is 17.5 Å². The normalized spacial score (nSPS) is 15.6. The van der Waals surface area contributed by atoms with Gasteiger partial charge in [0.1, 0.15) is 0 Å². The second kappa shape index (κ2) is 5.38. The van der Waals surface area contributed by atoms with Crippen LogP contribution in [0.1, 0.15) is 0 Å². The minimum Gasteiger partial charge on any atom is -0.453 e. The van der Waals surface area contributed by atoms with E-state index in [9.17, 15) is 18.0 Å². The number of piperazine rings is 1. The van der Waals surface area contributed by atoms with E-state index in [0.717, 1.165) is 6.07 Å². The number of benzene rings is 1. The fourth-order valence-corrected chi connectivity index (χ4v) is 2.02. The molecule has 0 bridgehead atoms. The number of hydrogen-bond acceptors (Lipinski definition) is 3. The van der Waals surface area contributed by atoms with E-state index >= 15 is 0 Å². The molecule has 0 atom stereocenters. The number of anilines is 1. The van der Waals surface area contributed by atoms with Gasteiger partial charge in [-0.05, 0) is 12.1 Å². The molecular weight excluding hydrogens is 261 g/mol. The summed E-state index contributed by atoms with van der Waals surface area (Å²) in [5.41, 5.74) is 0.00316. The predicted octanol–water partition coefficient (Wildman–Crippen LogP) is 1.99. The average Bonchev–Trinajstić information content (AvgIpc) is 2.44. The van der Waals surface area contributed by atoms with Crippen LogP contribution in [0.15, 0.2) is 12.1 Å². The quantitative estimate of drug-likeness (QED) is 0.734. The molecular formula is C12H13F3N2O2. The van der Waals surface area contributed by atoms with Gasteiger partial charge in [-0.1, -0.05) is 0 Å². The molecule has 1 aliphatic heterocycles. The van der Waals surface area contributed by atoms with Crippen molar-refractivity contribution in [2.24, 2.45) is 0 Å². The highest BCUT2D eigenvalue weighted by Gasteiger charge is 2.25. The molecule has 1 fully saturated rings. The van der Waals surface area contributed by atoms with E-state index in [1.54, 1.807) is 4.90 Å². The molecule has 0 aliphatic carbocycles. The molecule has 1 heterocycles. The second-order valence-corrected chi connectivity index (χ2v) is 4.14. The first-order valence-corrected chi connectivity index (χ1v) is 5.76. The molecule has 4 nitrogen and oxygen atoms in total. The number of ether oxygens (including phenoxy) is 1.